The summed E-state index contributed by atoms with van der Waals surface area (Å²) in [6, 6.07) is 82.6. The van der Waals surface area contributed by atoms with Crippen LogP contribution in [0.1, 0.15) is 22.3 Å². The first kappa shape index (κ1) is 33.5. The summed E-state index contributed by atoms with van der Waals surface area (Å²) in [5, 5.41) is 7.61. The Kier molecular flexibility index (Phi) is 8.05. The lowest BCUT2D eigenvalue weighted by atomic mass is 9.64. The molecule has 0 aromatic heterocycles. The van der Waals surface area contributed by atoms with Crippen LogP contribution in [0.3, 0.4) is 0 Å². The molecule has 0 spiro atoms. The van der Waals surface area contributed by atoms with Crippen LogP contribution in [-0.4, -0.2) is 0 Å². The topological polar surface area (TPSA) is 3.24 Å². The van der Waals surface area contributed by atoms with E-state index in [0.29, 0.717) is 0 Å². The lowest BCUT2D eigenvalue weighted by Crippen LogP contribution is -2.34. The maximum absolute atomic E-state index is 2.48. The van der Waals surface area contributed by atoms with Gasteiger partial charge in [-0.2, -0.15) is 0 Å². The van der Waals surface area contributed by atoms with Gasteiger partial charge in [0, 0.05) is 21.2 Å². The molecular formula is C55H37NS. The molecule has 0 bridgehead atoms. The van der Waals surface area contributed by atoms with E-state index >= 15 is 0 Å². The SMILES string of the molecule is c1ccc(-c2ccc(N(c3ccc4c5ccccc5c5ccccc5c4c3)c3cccc4c3Sc3ccccc3C4(c3ccccc3)c3ccccc3)cc2)cc1. The van der Waals surface area contributed by atoms with Gasteiger partial charge in [-0.1, -0.05) is 200 Å². The average molecular weight is 744 g/mol. The van der Waals surface area contributed by atoms with E-state index in [9.17, 15) is 0 Å². The van der Waals surface area contributed by atoms with Crippen molar-refractivity contribution in [1.82, 2.24) is 0 Å². The van der Waals surface area contributed by atoms with Gasteiger partial charge in [0.2, 0.25) is 0 Å². The van der Waals surface area contributed by atoms with Crippen molar-refractivity contribution in [1.29, 1.82) is 0 Å². The monoisotopic (exact) mass is 743 g/mol. The Balaban J connectivity index is 1.21. The Bertz CT molecular complexity index is 3010. The summed E-state index contributed by atoms with van der Waals surface area (Å²) in [4.78, 5) is 5.00. The molecule has 1 aliphatic heterocycles. The van der Waals surface area contributed by atoms with Gasteiger partial charge in [0.15, 0.2) is 0 Å². The fourth-order valence-electron chi connectivity index (χ4n) is 9.28. The molecule has 0 unspecified atom stereocenters. The standard InChI is InChI=1S/C55H37NS/c1-4-17-38(18-5-1)39-31-33-42(34-32-39)56(43-35-36-48-46-25-11-10-23-44(46)45-24-12-13-26-47(45)49(48)37-43)52-29-16-28-51-54(52)57-53-30-15-14-27-50(53)55(51,40-19-6-2-7-20-40)41-21-8-3-9-22-41/h1-37H. The average Bonchev–Trinajstić information content (AvgIpc) is 3.29. The third-order valence-corrected chi connectivity index (χ3v) is 13.0. The van der Waals surface area contributed by atoms with Crippen LogP contribution in [-0.2, 0) is 5.41 Å². The van der Waals surface area contributed by atoms with Crippen LogP contribution in [0.15, 0.2) is 234 Å². The van der Waals surface area contributed by atoms with E-state index in [1.807, 2.05) is 11.8 Å². The highest BCUT2D eigenvalue weighted by molar-refractivity contribution is 7.99. The molecule has 1 nitrogen and oxygen atoms in total. The summed E-state index contributed by atoms with van der Waals surface area (Å²) < 4.78 is 0. The normalized spacial score (nSPS) is 13.0. The lowest BCUT2D eigenvalue weighted by Gasteiger charge is -2.43. The molecule has 268 valence electrons. The van der Waals surface area contributed by atoms with Crippen molar-refractivity contribution in [2.75, 3.05) is 4.90 Å². The molecule has 10 aromatic carbocycles. The summed E-state index contributed by atoms with van der Waals surface area (Å²) in [7, 11) is 0. The van der Waals surface area contributed by atoms with Crippen LogP contribution in [0, 0.1) is 0 Å². The van der Waals surface area contributed by atoms with Gasteiger partial charge in [-0.15, -0.1) is 0 Å². The predicted molar refractivity (Wildman–Crippen MR) is 242 cm³/mol. The molecule has 0 N–H and O–H groups in total. The van der Waals surface area contributed by atoms with Crippen LogP contribution < -0.4 is 4.90 Å². The van der Waals surface area contributed by atoms with Crippen LogP contribution in [0.25, 0.3) is 43.4 Å². The summed E-state index contributed by atoms with van der Waals surface area (Å²) in [5.41, 5.74) is 10.3. The first-order chi connectivity index (χ1) is 28.3. The molecule has 1 aliphatic rings. The van der Waals surface area contributed by atoms with Gasteiger partial charge in [0.25, 0.3) is 0 Å². The van der Waals surface area contributed by atoms with Gasteiger partial charge in [-0.25, -0.2) is 0 Å². The summed E-state index contributed by atoms with van der Waals surface area (Å²) in [5.74, 6) is 0. The third kappa shape index (κ3) is 5.33. The van der Waals surface area contributed by atoms with Crippen LogP contribution in [0.4, 0.5) is 17.1 Å². The van der Waals surface area contributed by atoms with Crippen molar-refractivity contribution in [3.8, 4) is 11.1 Å². The zero-order valence-electron chi connectivity index (χ0n) is 31.2. The number of rotatable bonds is 6. The highest BCUT2D eigenvalue weighted by Crippen LogP contribution is 2.59. The molecule has 0 saturated heterocycles. The van der Waals surface area contributed by atoms with Gasteiger partial charge in [-0.05, 0) is 102 Å². The van der Waals surface area contributed by atoms with Gasteiger partial charge < -0.3 is 4.90 Å². The fraction of sp³-hybridized carbons (Fsp3) is 0.0182. The molecule has 2 heteroatoms. The van der Waals surface area contributed by atoms with E-state index in [-0.39, 0.29) is 0 Å². The summed E-state index contributed by atoms with van der Waals surface area (Å²) in [6.07, 6.45) is 0. The van der Waals surface area contributed by atoms with Crippen molar-refractivity contribution in [2.45, 2.75) is 15.2 Å². The Morgan fingerprint density at radius 3 is 1.44 bits per heavy atom. The number of hydrogen-bond acceptors (Lipinski definition) is 2. The number of fused-ring (bicyclic) bond motifs is 8. The minimum Gasteiger partial charge on any atom is -0.309 e. The Morgan fingerprint density at radius 2 is 0.807 bits per heavy atom. The Labute approximate surface area is 337 Å². The molecule has 0 saturated carbocycles. The molecule has 0 fully saturated rings. The van der Waals surface area contributed by atoms with E-state index in [1.165, 1.54) is 75.5 Å². The molecular weight excluding hydrogens is 707 g/mol. The maximum Gasteiger partial charge on any atom is 0.0724 e. The number of benzene rings is 10. The van der Waals surface area contributed by atoms with Gasteiger partial charge >= 0.3 is 0 Å². The van der Waals surface area contributed by atoms with Gasteiger partial charge in [0.1, 0.15) is 0 Å². The van der Waals surface area contributed by atoms with Crippen molar-refractivity contribution in [3.05, 3.63) is 247 Å². The van der Waals surface area contributed by atoms with E-state index in [1.54, 1.807) is 0 Å². The Hall–Kier alpha value is -6.87. The van der Waals surface area contributed by atoms with Crippen molar-refractivity contribution in [3.63, 3.8) is 0 Å². The second-order valence-corrected chi connectivity index (χ2v) is 15.9. The predicted octanol–water partition coefficient (Wildman–Crippen LogP) is 15.1. The van der Waals surface area contributed by atoms with Gasteiger partial charge in [-0.3, -0.25) is 0 Å². The largest absolute Gasteiger partial charge is 0.309 e. The number of nitrogens with zero attached hydrogens (tertiary/aromatic N) is 1. The minimum atomic E-state index is -0.531. The van der Waals surface area contributed by atoms with E-state index in [2.05, 4.69) is 229 Å². The number of hydrogen-bond donors (Lipinski definition) is 0. The Morgan fingerprint density at radius 1 is 0.333 bits per heavy atom. The van der Waals surface area contributed by atoms with E-state index < -0.39 is 5.41 Å². The fourth-order valence-corrected chi connectivity index (χ4v) is 10.6. The smallest absolute Gasteiger partial charge is 0.0724 e. The molecule has 11 rings (SSSR count). The van der Waals surface area contributed by atoms with Crippen molar-refractivity contribution in [2.24, 2.45) is 0 Å². The molecule has 0 atom stereocenters. The zero-order chi connectivity index (χ0) is 37.8. The molecule has 0 aliphatic carbocycles. The lowest BCUT2D eigenvalue weighted by molar-refractivity contribution is 0.703. The summed E-state index contributed by atoms with van der Waals surface area (Å²) in [6.45, 7) is 0. The molecule has 1 heterocycles. The molecule has 0 amide bonds. The minimum absolute atomic E-state index is 0.531. The summed E-state index contributed by atoms with van der Waals surface area (Å²) >= 11 is 1.88. The van der Waals surface area contributed by atoms with Crippen LogP contribution in [0.2, 0.25) is 0 Å². The first-order valence-corrected chi connectivity index (χ1v) is 20.4. The first-order valence-electron chi connectivity index (χ1n) is 19.6. The molecule has 10 aromatic rings. The molecule has 57 heavy (non-hydrogen) atoms. The van der Waals surface area contributed by atoms with Crippen LogP contribution in [0.5, 0.6) is 0 Å². The second kappa shape index (κ2) is 13.7. The third-order valence-electron chi connectivity index (χ3n) is 11.8. The van der Waals surface area contributed by atoms with Crippen molar-refractivity contribution < 1.29 is 0 Å². The van der Waals surface area contributed by atoms with E-state index in [4.69, 9.17) is 0 Å². The highest BCUT2D eigenvalue weighted by atomic mass is 32.2. The second-order valence-electron chi connectivity index (χ2n) is 14.8. The maximum atomic E-state index is 2.48. The van der Waals surface area contributed by atoms with Crippen LogP contribution >= 0.6 is 11.8 Å². The zero-order valence-corrected chi connectivity index (χ0v) is 32.0. The quantitative estimate of drug-likeness (QED) is 0.156. The number of anilines is 3. The van der Waals surface area contributed by atoms with Crippen molar-refractivity contribution >= 4 is 61.1 Å². The molecule has 0 radical (unpaired) electrons. The van der Waals surface area contributed by atoms with E-state index in [0.717, 1.165) is 17.1 Å². The highest BCUT2D eigenvalue weighted by Gasteiger charge is 2.45. The van der Waals surface area contributed by atoms with Gasteiger partial charge in [0.05, 0.1) is 11.1 Å².